The maximum atomic E-state index is 6.20. The summed E-state index contributed by atoms with van der Waals surface area (Å²) in [6, 6.07) is 1.35. The van der Waals surface area contributed by atoms with Gasteiger partial charge in [-0.25, -0.2) is 0 Å². The van der Waals surface area contributed by atoms with Crippen LogP contribution in [0.1, 0.15) is 65.7 Å². The lowest BCUT2D eigenvalue weighted by Gasteiger charge is -2.47. The molecule has 0 amide bonds. The predicted molar refractivity (Wildman–Crippen MR) is 83.1 cm³/mol. The Morgan fingerprint density at radius 2 is 1.68 bits per heavy atom. The molecule has 0 aromatic rings. The third-order valence-corrected chi connectivity index (χ3v) is 5.75. The van der Waals surface area contributed by atoms with Crippen molar-refractivity contribution >= 4 is 0 Å². The summed E-state index contributed by atoms with van der Waals surface area (Å²) in [6.45, 7) is 9.39. The summed E-state index contributed by atoms with van der Waals surface area (Å²) >= 11 is 0. The fourth-order valence-corrected chi connectivity index (χ4v) is 4.49. The summed E-state index contributed by atoms with van der Waals surface area (Å²) in [5.74, 6) is 2.52. The van der Waals surface area contributed by atoms with E-state index in [-0.39, 0.29) is 0 Å². The van der Waals surface area contributed by atoms with Gasteiger partial charge in [0.2, 0.25) is 0 Å². The van der Waals surface area contributed by atoms with Gasteiger partial charge in [-0.1, -0.05) is 39.5 Å². The molecule has 0 aromatic heterocycles. The average molecular weight is 266 g/mol. The smallest absolute Gasteiger partial charge is 0.0249 e. The van der Waals surface area contributed by atoms with Crippen LogP contribution < -0.4 is 5.73 Å². The molecule has 2 nitrogen and oxygen atoms in total. The van der Waals surface area contributed by atoms with Crippen LogP contribution in [0.2, 0.25) is 0 Å². The Labute approximate surface area is 120 Å². The van der Waals surface area contributed by atoms with Gasteiger partial charge in [-0.2, -0.15) is 0 Å². The van der Waals surface area contributed by atoms with Gasteiger partial charge in [-0.15, -0.1) is 0 Å². The Hall–Kier alpha value is -0.0800. The highest BCUT2D eigenvalue weighted by molar-refractivity contribution is 4.90. The molecule has 2 N–H and O–H groups in total. The third kappa shape index (κ3) is 3.72. The Kier molecular flexibility index (Phi) is 5.70. The Balaban J connectivity index is 2.05. The van der Waals surface area contributed by atoms with Crippen LogP contribution in [-0.2, 0) is 0 Å². The molecule has 1 saturated heterocycles. The Morgan fingerprint density at radius 1 is 1.05 bits per heavy atom. The average Bonchev–Trinajstić information content (AvgIpc) is 2.65. The third-order valence-electron chi connectivity index (χ3n) is 5.75. The number of likely N-dealkylation sites (tertiary alicyclic amines) is 1. The first-order valence-corrected chi connectivity index (χ1v) is 8.59. The molecule has 112 valence electrons. The molecule has 4 atom stereocenters. The minimum atomic E-state index is 0.637. The summed E-state index contributed by atoms with van der Waals surface area (Å²) in [7, 11) is 0. The van der Waals surface area contributed by atoms with Crippen molar-refractivity contribution in [3.05, 3.63) is 0 Å². The van der Waals surface area contributed by atoms with Crippen LogP contribution in [-0.4, -0.2) is 30.1 Å². The van der Waals surface area contributed by atoms with Crippen molar-refractivity contribution in [2.75, 3.05) is 13.1 Å². The molecule has 2 aliphatic rings. The second-order valence-electron chi connectivity index (χ2n) is 7.31. The maximum Gasteiger partial charge on any atom is 0.0249 e. The van der Waals surface area contributed by atoms with E-state index in [0.717, 1.165) is 24.3 Å². The van der Waals surface area contributed by atoms with Gasteiger partial charge in [0, 0.05) is 25.2 Å². The molecular formula is C17H34N2. The first-order chi connectivity index (χ1) is 9.13. The van der Waals surface area contributed by atoms with Crippen molar-refractivity contribution < 1.29 is 0 Å². The van der Waals surface area contributed by atoms with E-state index in [9.17, 15) is 0 Å². The Bertz CT molecular complexity index is 258. The maximum absolute atomic E-state index is 6.20. The summed E-state index contributed by atoms with van der Waals surface area (Å²) in [4.78, 5) is 2.77. The van der Waals surface area contributed by atoms with Crippen LogP contribution in [0.5, 0.6) is 0 Å². The first kappa shape index (κ1) is 15.3. The normalized spacial score (nSPS) is 36.9. The number of piperidine rings is 1. The van der Waals surface area contributed by atoms with Crippen molar-refractivity contribution in [2.45, 2.75) is 77.8 Å². The van der Waals surface area contributed by atoms with Gasteiger partial charge in [-0.3, -0.25) is 4.90 Å². The summed E-state index contributed by atoms with van der Waals surface area (Å²) in [5.41, 5.74) is 6.20. The van der Waals surface area contributed by atoms with Gasteiger partial charge in [0.1, 0.15) is 0 Å². The van der Waals surface area contributed by atoms with E-state index < -0.39 is 0 Å². The number of nitrogens with zero attached hydrogens (tertiary/aromatic N) is 1. The van der Waals surface area contributed by atoms with Crippen LogP contribution >= 0.6 is 0 Å². The fraction of sp³-hybridized carbons (Fsp3) is 1.00. The molecule has 2 rings (SSSR count). The van der Waals surface area contributed by atoms with Crippen molar-refractivity contribution in [1.29, 1.82) is 0 Å². The van der Waals surface area contributed by atoms with E-state index in [4.69, 9.17) is 5.73 Å². The molecular weight excluding hydrogens is 232 g/mol. The lowest BCUT2D eigenvalue weighted by Crippen LogP contribution is -2.55. The monoisotopic (exact) mass is 266 g/mol. The van der Waals surface area contributed by atoms with Gasteiger partial charge >= 0.3 is 0 Å². The van der Waals surface area contributed by atoms with E-state index >= 15 is 0 Å². The lowest BCUT2D eigenvalue weighted by atomic mass is 9.81. The Morgan fingerprint density at radius 3 is 2.26 bits per heavy atom. The van der Waals surface area contributed by atoms with E-state index in [1.165, 1.54) is 51.5 Å². The second kappa shape index (κ2) is 7.08. The molecule has 19 heavy (non-hydrogen) atoms. The zero-order valence-corrected chi connectivity index (χ0v) is 13.3. The first-order valence-electron chi connectivity index (χ1n) is 8.59. The highest BCUT2D eigenvalue weighted by Crippen LogP contribution is 2.34. The van der Waals surface area contributed by atoms with Crippen LogP contribution in [0.25, 0.3) is 0 Å². The van der Waals surface area contributed by atoms with Gasteiger partial charge in [0.15, 0.2) is 0 Å². The second-order valence-corrected chi connectivity index (χ2v) is 7.31. The van der Waals surface area contributed by atoms with Gasteiger partial charge in [-0.05, 0) is 43.9 Å². The standard InChI is InChI=1S/C17H34N2/c1-13-10-14(2)15(3)19(12-13)17(11-18)16-8-6-4-5-7-9-16/h13-17H,4-12,18H2,1-3H3. The predicted octanol–water partition coefficient (Wildman–Crippen LogP) is 3.65. The summed E-state index contributed by atoms with van der Waals surface area (Å²) in [5, 5.41) is 0. The minimum Gasteiger partial charge on any atom is -0.329 e. The van der Waals surface area contributed by atoms with Gasteiger partial charge in [0.25, 0.3) is 0 Å². The van der Waals surface area contributed by atoms with Gasteiger partial charge < -0.3 is 5.73 Å². The van der Waals surface area contributed by atoms with E-state index in [1.54, 1.807) is 0 Å². The van der Waals surface area contributed by atoms with Crippen LogP contribution in [0.4, 0.5) is 0 Å². The highest BCUT2D eigenvalue weighted by atomic mass is 15.2. The molecule has 0 radical (unpaired) electrons. The van der Waals surface area contributed by atoms with E-state index in [2.05, 4.69) is 25.7 Å². The van der Waals surface area contributed by atoms with Crippen molar-refractivity contribution in [1.82, 2.24) is 4.90 Å². The SMILES string of the molecule is CC1CC(C)C(C)N(C(CN)C2CCCCCC2)C1. The zero-order valence-electron chi connectivity index (χ0n) is 13.3. The summed E-state index contributed by atoms with van der Waals surface area (Å²) in [6.07, 6.45) is 9.94. The topological polar surface area (TPSA) is 29.3 Å². The fourth-order valence-electron chi connectivity index (χ4n) is 4.49. The largest absolute Gasteiger partial charge is 0.329 e. The molecule has 2 heteroatoms. The number of hydrogen-bond acceptors (Lipinski definition) is 2. The lowest BCUT2D eigenvalue weighted by molar-refractivity contribution is 0.0167. The van der Waals surface area contributed by atoms with Crippen molar-refractivity contribution in [3.63, 3.8) is 0 Å². The van der Waals surface area contributed by atoms with Crippen molar-refractivity contribution in [3.8, 4) is 0 Å². The van der Waals surface area contributed by atoms with Crippen LogP contribution in [0, 0.1) is 17.8 Å². The number of nitrogens with two attached hydrogens (primary N) is 1. The molecule has 1 aliphatic carbocycles. The molecule has 1 heterocycles. The molecule has 0 bridgehead atoms. The molecule has 4 unspecified atom stereocenters. The quantitative estimate of drug-likeness (QED) is 0.790. The van der Waals surface area contributed by atoms with Crippen LogP contribution in [0.3, 0.4) is 0 Å². The van der Waals surface area contributed by atoms with Crippen molar-refractivity contribution in [2.24, 2.45) is 23.5 Å². The molecule has 0 aromatic carbocycles. The minimum absolute atomic E-state index is 0.637. The molecule has 0 spiro atoms. The van der Waals surface area contributed by atoms with E-state index in [1.807, 2.05) is 0 Å². The summed E-state index contributed by atoms with van der Waals surface area (Å²) < 4.78 is 0. The molecule has 1 aliphatic heterocycles. The van der Waals surface area contributed by atoms with Gasteiger partial charge in [0.05, 0.1) is 0 Å². The highest BCUT2D eigenvalue weighted by Gasteiger charge is 2.36. The van der Waals surface area contributed by atoms with Crippen LogP contribution in [0.15, 0.2) is 0 Å². The van der Waals surface area contributed by atoms with E-state index in [0.29, 0.717) is 12.1 Å². The number of hydrogen-bond donors (Lipinski definition) is 1. The number of rotatable bonds is 3. The zero-order chi connectivity index (χ0) is 13.8. The molecule has 1 saturated carbocycles. The molecule has 2 fully saturated rings.